The Balaban J connectivity index is 2.08. The summed E-state index contributed by atoms with van der Waals surface area (Å²) in [6, 6.07) is -0.292. The van der Waals surface area contributed by atoms with E-state index in [2.05, 4.69) is 0 Å². The van der Waals surface area contributed by atoms with Crippen LogP contribution >= 0.6 is 0 Å². The Bertz CT molecular complexity index is 420. The van der Waals surface area contributed by atoms with E-state index in [1.165, 1.54) is 9.80 Å². The molecule has 2 aliphatic rings. The van der Waals surface area contributed by atoms with Crippen molar-refractivity contribution in [3.63, 3.8) is 0 Å². The molecule has 6 heteroatoms. The molecule has 0 bridgehead atoms. The maximum Gasteiger partial charge on any atom is 0.329 e. The third-order valence-corrected chi connectivity index (χ3v) is 4.97. The highest BCUT2D eigenvalue weighted by atomic mass is 16.4. The second kappa shape index (κ2) is 5.83. The van der Waals surface area contributed by atoms with Gasteiger partial charge < -0.3 is 20.0 Å². The summed E-state index contributed by atoms with van der Waals surface area (Å²) < 4.78 is 0. The van der Waals surface area contributed by atoms with Crippen LogP contribution in [0.15, 0.2) is 0 Å². The molecule has 1 atom stereocenters. The number of carbonyl (C=O) groups excluding carboxylic acids is 1. The highest BCUT2D eigenvalue weighted by Crippen LogP contribution is 2.32. The van der Waals surface area contributed by atoms with E-state index in [0.717, 1.165) is 25.7 Å². The molecule has 2 amide bonds. The standard InChI is InChI=1S/C15H26N2O4/c1-14(12(18)19)7-5-6-10-17(14)13(20)16(2)11-15(21)8-3-4-9-15/h21H,3-11H2,1-2H3,(H,18,19). The van der Waals surface area contributed by atoms with Gasteiger partial charge in [-0.3, -0.25) is 0 Å². The number of piperidine rings is 1. The number of hydrogen-bond donors (Lipinski definition) is 2. The van der Waals surface area contributed by atoms with E-state index >= 15 is 0 Å². The van der Waals surface area contributed by atoms with Crippen LogP contribution in [0.3, 0.4) is 0 Å². The van der Waals surface area contributed by atoms with Crippen LogP contribution in [0, 0.1) is 0 Å². The minimum absolute atomic E-state index is 0.276. The van der Waals surface area contributed by atoms with Crippen molar-refractivity contribution in [1.82, 2.24) is 9.80 Å². The second-order valence-corrected chi connectivity index (χ2v) is 6.76. The molecule has 2 rings (SSSR count). The molecule has 1 saturated carbocycles. The van der Waals surface area contributed by atoms with Crippen molar-refractivity contribution in [3.8, 4) is 0 Å². The van der Waals surface area contributed by atoms with Crippen molar-refractivity contribution >= 4 is 12.0 Å². The molecule has 21 heavy (non-hydrogen) atoms. The van der Waals surface area contributed by atoms with E-state index in [4.69, 9.17) is 0 Å². The zero-order valence-corrected chi connectivity index (χ0v) is 13.0. The lowest BCUT2D eigenvalue weighted by atomic mass is 9.88. The van der Waals surface area contributed by atoms with Gasteiger partial charge in [-0.2, -0.15) is 0 Å². The van der Waals surface area contributed by atoms with E-state index in [1.54, 1.807) is 14.0 Å². The van der Waals surface area contributed by atoms with Crippen LogP contribution in [-0.4, -0.2) is 63.3 Å². The molecule has 6 nitrogen and oxygen atoms in total. The van der Waals surface area contributed by atoms with E-state index in [-0.39, 0.29) is 12.6 Å². The number of aliphatic carboxylic acids is 1. The average Bonchev–Trinajstić information content (AvgIpc) is 2.84. The topological polar surface area (TPSA) is 81.1 Å². The number of carbonyl (C=O) groups is 2. The van der Waals surface area contributed by atoms with Gasteiger partial charge in [0.25, 0.3) is 0 Å². The quantitative estimate of drug-likeness (QED) is 0.830. The third kappa shape index (κ3) is 3.15. The normalized spacial score (nSPS) is 28.4. The number of urea groups is 1. The van der Waals surface area contributed by atoms with E-state index < -0.39 is 17.1 Å². The first kappa shape index (κ1) is 16.1. The third-order valence-electron chi connectivity index (χ3n) is 4.97. The largest absolute Gasteiger partial charge is 0.480 e. The number of hydrogen-bond acceptors (Lipinski definition) is 3. The van der Waals surface area contributed by atoms with Gasteiger partial charge in [0.2, 0.25) is 0 Å². The van der Waals surface area contributed by atoms with Gasteiger partial charge in [0.15, 0.2) is 0 Å². The van der Waals surface area contributed by atoms with Crippen molar-refractivity contribution in [2.45, 2.75) is 63.0 Å². The fourth-order valence-electron chi connectivity index (χ4n) is 3.56. The van der Waals surface area contributed by atoms with Crippen LogP contribution in [0.4, 0.5) is 4.79 Å². The number of amides is 2. The number of carboxylic acid groups (broad SMARTS) is 1. The Labute approximate surface area is 125 Å². The van der Waals surface area contributed by atoms with Crippen molar-refractivity contribution < 1.29 is 19.8 Å². The van der Waals surface area contributed by atoms with Gasteiger partial charge in [-0.25, -0.2) is 9.59 Å². The molecule has 1 aliphatic carbocycles. The summed E-state index contributed by atoms with van der Waals surface area (Å²) in [5, 5.41) is 19.9. The van der Waals surface area contributed by atoms with E-state index in [0.29, 0.717) is 25.8 Å². The molecule has 0 aromatic carbocycles. The van der Waals surface area contributed by atoms with Crippen LogP contribution in [-0.2, 0) is 4.79 Å². The van der Waals surface area contributed by atoms with Crippen LogP contribution in [0.2, 0.25) is 0 Å². The van der Waals surface area contributed by atoms with Crippen LogP contribution in [0.25, 0.3) is 0 Å². The predicted octanol–water partition coefficient (Wildman–Crippen LogP) is 1.67. The maximum atomic E-state index is 12.6. The Morgan fingerprint density at radius 3 is 2.29 bits per heavy atom. The first-order valence-electron chi connectivity index (χ1n) is 7.77. The molecular weight excluding hydrogens is 272 g/mol. The Morgan fingerprint density at radius 1 is 1.14 bits per heavy atom. The van der Waals surface area contributed by atoms with E-state index in [9.17, 15) is 19.8 Å². The minimum atomic E-state index is -1.14. The summed E-state index contributed by atoms with van der Waals surface area (Å²) >= 11 is 0. The molecular formula is C15H26N2O4. The summed E-state index contributed by atoms with van der Waals surface area (Å²) in [6.07, 6.45) is 5.50. The smallest absolute Gasteiger partial charge is 0.329 e. The van der Waals surface area contributed by atoms with Gasteiger partial charge in [-0.05, 0) is 39.0 Å². The molecule has 1 saturated heterocycles. The molecule has 120 valence electrons. The molecule has 2 fully saturated rings. The zero-order valence-electron chi connectivity index (χ0n) is 13.0. The van der Waals surface area contributed by atoms with Crippen LogP contribution in [0.5, 0.6) is 0 Å². The van der Waals surface area contributed by atoms with Crippen molar-refractivity contribution in [2.24, 2.45) is 0 Å². The molecule has 1 heterocycles. The average molecular weight is 298 g/mol. The lowest BCUT2D eigenvalue weighted by Crippen LogP contribution is -2.61. The van der Waals surface area contributed by atoms with Gasteiger partial charge in [-0.15, -0.1) is 0 Å². The minimum Gasteiger partial charge on any atom is -0.480 e. The van der Waals surface area contributed by atoms with Crippen molar-refractivity contribution in [1.29, 1.82) is 0 Å². The monoisotopic (exact) mass is 298 g/mol. The summed E-state index contributed by atoms with van der Waals surface area (Å²) in [4.78, 5) is 27.1. The van der Waals surface area contributed by atoms with E-state index in [1.807, 2.05) is 0 Å². The van der Waals surface area contributed by atoms with Gasteiger partial charge in [-0.1, -0.05) is 12.8 Å². The number of nitrogens with zero attached hydrogens (tertiary/aromatic N) is 2. The van der Waals surface area contributed by atoms with Crippen LogP contribution < -0.4 is 0 Å². The lowest BCUT2D eigenvalue weighted by molar-refractivity contribution is -0.150. The van der Waals surface area contributed by atoms with Crippen LogP contribution in [0.1, 0.15) is 51.9 Å². The molecule has 1 aliphatic heterocycles. The summed E-state index contributed by atoms with van der Waals surface area (Å²) in [6.45, 7) is 2.35. The summed E-state index contributed by atoms with van der Waals surface area (Å²) in [5.41, 5.74) is -1.94. The molecule has 0 spiro atoms. The first-order valence-corrected chi connectivity index (χ1v) is 7.77. The lowest BCUT2D eigenvalue weighted by Gasteiger charge is -2.44. The Morgan fingerprint density at radius 2 is 1.71 bits per heavy atom. The Kier molecular flexibility index (Phi) is 4.46. The summed E-state index contributed by atoms with van der Waals surface area (Å²) in [7, 11) is 1.65. The Hall–Kier alpha value is -1.30. The molecule has 0 aromatic heterocycles. The highest BCUT2D eigenvalue weighted by Gasteiger charge is 2.45. The fourth-order valence-corrected chi connectivity index (χ4v) is 3.56. The predicted molar refractivity (Wildman–Crippen MR) is 78.0 cm³/mol. The van der Waals surface area contributed by atoms with Gasteiger partial charge in [0.1, 0.15) is 5.54 Å². The number of carboxylic acids is 1. The van der Waals surface area contributed by atoms with Crippen molar-refractivity contribution in [2.75, 3.05) is 20.1 Å². The number of likely N-dealkylation sites (N-methyl/N-ethyl adjacent to an activating group) is 1. The highest BCUT2D eigenvalue weighted by molar-refractivity contribution is 5.86. The van der Waals surface area contributed by atoms with Gasteiger partial charge in [0, 0.05) is 13.6 Å². The number of rotatable bonds is 3. The first-order chi connectivity index (χ1) is 9.78. The molecule has 2 N–H and O–H groups in total. The van der Waals surface area contributed by atoms with Gasteiger partial charge in [0.05, 0.1) is 12.1 Å². The SMILES string of the molecule is CN(CC1(O)CCCC1)C(=O)N1CCCCC1(C)C(=O)O. The van der Waals surface area contributed by atoms with Gasteiger partial charge >= 0.3 is 12.0 Å². The molecule has 1 unspecified atom stereocenters. The zero-order chi connectivity index (χ0) is 15.7. The molecule has 0 aromatic rings. The second-order valence-electron chi connectivity index (χ2n) is 6.76. The number of aliphatic hydroxyl groups is 1. The maximum absolute atomic E-state index is 12.6. The fraction of sp³-hybridized carbons (Fsp3) is 0.867. The molecule has 0 radical (unpaired) electrons. The summed E-state index contributed by atoms with van der Waals surface area (Å²) in [5.74, 6) is -0.955. The number of likely N-dealkylation sites (tertiary alicyclic amines) is 1. The van der Waals surface area contributed by atoms with Crippen molar-refractivity contribution in [3.05, 3.63) is 0 Å².